The summed E-state index contributed by atoms with van der Waals surface area (Å²) >= 11 is 1.25. The van der Waals surface area contributed by atoms with E-state index in [1.807, 2.05) is 19.1 Å². The molecule has 1 aliphatic heterocycles. The summed E-state index contributed by atoms with van der Waals surface area (Å²) in [5.41, 5.74) is 2.31. The van der Waals surface area contributed by atoms with Crippen molar-refractivity contribution in [1.82, 2.24) is 13.7 Å². The van der Waals surface area contributed by atoms with Gasteiger partial charge < -0.3 is 4.90 Å². The summed E-state index contributed by atoms with van der Waals surface area (Å²) in [6.45, 7) is 4.89. The van der Waals surface area contributed by atoms with Crippen LogP contribution >= 0.6 is 11.3 Å². The fourth-order valence-corrected chi connectivity index (χ4v) is 5.95. The summed E-state index contributed by atoms with van der Waals surface area (Å²) in [4.78, 5) is 18.2. The molecule has 0 aliphatic carbocycles. The van der Waals surface area contributed by atoms with Gasteiger partial charge in [-0.3, -0.25) is 9.20 Å². The monoisotopic (exact) mass is 405 g/mol. The van der Waals surface area contributed by atoms with Crippen molar-refractivity contribution in [2.75, 3.05) is 26.2 Å². The van der Waals surface area contributed by atoms with Crippen LogP contribution in [-0.2, 0) is 16.6 Å². The number of thiophene rings is 1. The van der Waals surface area contributed by atoms with Crippen molar-refractivity contribution in [3.63, 3.8) is 0 Å². The average Bonchev–Trinajstić information content (AvgIpc) is 3.18. The molecule has 0 aromatic carbocycles. The van der Waals surface area contributed by atoms with Crippen LogP contribution in [0.25, 0.3) is 5.65 Å². The summed E-state index contributed by atoms with van der Waals surface area (Å²) in [7, 11) is -3.39. The number of nitrogens with one attached hydrogen (secondary N) is 1. The van der Waals surface area contributed by atoms with Crippen molar-refractivity contribution in [1.29, 1.82) is 0 Å². The molecule has 0 saturated carbocycles. The number of aromatic nitrogens is 2. The Morgan fingerprint density at radius 1 is 1.22 bits per heavy atom. The van der Waals surface area contributed by atoms with Gasteiger partial charge in [0.1, 0.15) is 22.1 Å². The van der Waals surface area contributed by atoms with E-state index in [2.05, 4.69) is 4.98 Å². The molecule has 1 aliphatic rings. The fourth-order valence-electron chi connectivity index (χ4n) is 3.36. The Hall–Kier alpha value is -2.07. The van der Waals surface area contributed by atoms with E-state index in [0.717, 1.165) is 11.3 Å². The Kier molecular flexibility index (Phi) is 4.85. The second-order valence-corrected chi connectivity index (χ2v) is 9.90. The lowest BCUT2D eigenvalue weighted by Crippen LogP contribution is -3.13. The number of piperazine rings is 1. The molecule has 27 heavy (non-hydrogen) atoms. The van der Waals surface area contributed by atoms with Gasteiger partial charge in [0, 0.05) is 12.3 Å². The first kappa shape index (κ1) is 18.3. The fraction of sp³-hybridized carbons (Fsp3) is 0.333. The quantitative estimate of drug-likeness (QED) is 0.671. The van der Waals surface area contributed by atoms with Crippen LogP contribution in [-0.4, -0.2) is 48.3 Å². The molecule has 0 radical (unpaired) electrons. The number of quaternary nitrogens is 1. The molecular formula is C18H21N4O3S2+. The highest BCUT2D eigenvalue weighted by Crippen LogP contribution is 2.20. The number of fused-ring (bicyclic) bond motifs is 1. The normalized spacial score (nSPS) is 16.8. The van der Waals surface area contributed by atoms with Crippen molar-refractivity contribution < 1.29 is 13.3 Å². The number of hydrogen-bond donors (Lipinski definition) is 1. The molecule has 0 unspecified atom stereocenters. The molecule has 4 rings (SSSR count). The first-order valence-corrected chi connectivity index (χ1v) is 11.1. The van der Waals surface area contributed by atoms with Gasteiger partial charge in [0.15, 0.2) is 0 Å². The van der Waals surface area contributed by atoms with Crippen LogP contribution in [0.4, 0.5) is 0 Å². The largest absolute Gasteiger partial charge is 0.328 e. The molecule has 3 aromatic heterocycles. The Bertz CT molecular complexity index is 1120. The van der Waals surface area contributed by atoms with Crippen LogP contribution in [0.15, 0.2) is 50.9 Å². The van der Waals surface area contributed by atoms with E-state index in [9.17, 15) is 13.2 Å². The van der Waals surface area contributed by atoms with Gasteiger partial charge in [0.25, 0.3) is 15.6 Å². The van der Waals surface area contributed by atoms with E-state index in [-0.39, 0.29) is 5.56 Å². The third-order valence-corrected chi connectivity index (χ3v) is 8.08. The van der Waals surface area contributed by atoms with E-state index >= 15 is 0 Å². The number of sulfonamides is 1. The predicted octanol–water partition coefficient (Wildman–Crippen LogP) is 0.154. The Morgan fingerprint density at radius 3 is 2.70 bits per heavy atom. The lowest BCUT2D eigenvalue weighted by Gasteiger charge is -2.31. The van der Waals surface area contributed by atoms with E-state index in [1.165, 1.54) is 16.2 Å². The summed E-state index contributed by atoms with van der Waals surface area (Å²) in [5, 5.41) is 1.78. The molecule has 0 amide bonds. The third-order valence-electron chi connectivity index (χ3n) is 4.81. The zero-order chi connectivity index (χ0) is 19.0. The highest BCUT2D eigenvalue weighted by atomic mass is 32.2. The first-order valence-electron chi connectivity index (χ1n) is 8.80. The zero-order valence-corrected chi connectivity index (χ0v) is 16.6. The molecular weight excluding hydrogens is 384 g/mol. The van der Waals surface area contributed by atoms with Crippen molar-refractivity contribution in [3.05, 3.63) is 63.5 Å². The van der Waals surface area contributed by atoms with E-state index in [1.54, 1.807) is 38.5 Å². The van der Waals surface area contributed by atoms with Crippen LogP contribution in [0, 0.1) is 6.92 Å². The minimum absolute atomic E-state index is 0.0861. The Balaban J connectivity index is 1.46. The SMILES string of the molecule is Cc1ccc2nc(C[NH+]3CCN(S(=O)(=O)c4cccs4)CC3)cc(=O)n2c1. The molecule has 4 heterocycles. The standard InChI is InChI=1S/C18H20N4O3S2/c1-14-4-5-16-19-15(11-17(23)22(16)12-14)13-20-6-8-21(9-7-20)27(24,25)18-3-2-10-26-18/h2-5,10-12H,6-9,13H2,1H3/p+1. The topological polar surface area (TPSA) is 76.2 Å². The summed E-state index contributed by atoms with van der Waals surface area (Å²) in [6.07, 6.45) is 1.79. The minimum atomic E-state index is -3.39. The van der Waals surface area contributed by atoms with Gasteiger partial charge in [-0.1, -0.05) is 12.1 Å². The summed E-state index contributed by atoms with van der Waals surface area (Å²) < 4.78 is 28.7. The molecule has 0 bridgehead atoms. The predicted molar refractivity (Wildman–Crippen MR) is 104 cm³/mol. The molecule has 3 aromatic rings. The highest BCUT2D eigenvalue weighted by Gasteiger charge is 2.31. The smallest absolute Gasteiger partial charge is 0.258 e. The second kappa shape index (κ2) is 7.16. The van der Waals surface area contributed by atoms with Crippen molar-refractivity contribution in [2.24, 2.45) is 0 Å². The highest BCUT2D eigenvalue weighted by molar-refractivity contribution is 7.91. The number of nitrogens with zero attached hydrogens (tertiary/aromatic N) is 3. The van der Waals surface area contributed by atoms with Gasteiger partial charge in [-0.2, -0.15) is 4.31 Å². The summed E-state index contributed by atoms with van der Waals surface area (Å²) in [5.74, 6) is 0. The van der Waals surface area contributed by atoms with Crippen LogP contribution in [0.1, 0.15) is 11.3 Å². The molecule has 0 atom stereocenters. The van der Waals surface area contributed by atoms with Gasteiger partial charge in [-0.05, 0) is 30.0 Å². The van der Waals surface area contributed by atoms with Crippen LogP contribution in [0.2, 0.25) is 0 Å². The molecule has 7 nitrogen and oxygen atoms in total. The second-order valence-electron chi connectivity index (χ2n) is 6.78. The van der Waals surface area contributed by atoms with Crippen molar-refractivity contribution in [2.45, 2.75) is 17.7 Å². The Labute approximate surface area is 161 Å². The van der Waals surface area contributed by atoms with Crippen LogP contribution < -0.4 is 10.5 Å². The minimum Gasteiger partial charge on any atom is -0.328 e. The van der Waals surface area contributed by atoms with Gasteiger partial charge in [-0.15, -0.1) is 11.3 Å². The zero-order valence-electron chi connectivity index (χ0n) is 15.0. The van der Waals surface area contributed by atoms with E-state index in [0.29, 0.717) is 42.6 Å². The molecule has 9 heteroatoms. The number of rotatable bonds is 4. The Morgan fingerprint density at radius 2 is 2.00 bits per heavy atom. The van der Waals surface area contributed by atoms with Crippen molar-refractivity contribution in [3.8, 4) is 0 Å². The molecule has 142 valence electrons. The lowest BCUT2D eigenvalue weighted by atomic mass is 10.3. The summed E-state index contributed by atoms with van der Waals surface area (Å²) in [6, 6.07) is 8.76. The molecule has 0 spiro atoms. The van der Waals surface area contributed by atoms with Gasteiger partial charge in [0.05, 0.1) is 26.2 Å². The van der Waals surface area contributed by atoms with E-state index in [4.69, 9.17) is 0 Å². The maximum Gasteiger partial charge on any atom is 0.258 e. The molecule has 1 N–H and O–H groups in total. The van der Waals surface area contributed by atoms with Crippen LogP contribution in [0.3, 0.4) is 0 Å². The van der Waals surface area contributed by atoms with Gasteiger partial charge in [0.2, 0.25) is 0 Å². The maximum absolute atomic E-state index is 12.6. The number of aryl methyl sites for hydroxylation is 1. The number of pyridine rings is 1. The van der Waals surface area contributed by atoms with Crippen molar-refractivity contribution >= 4 is 27.0 Å². The van der Waals surface area contributed by atoms with Crippen LogP contribution in [0.5, 0.6) is 0 Å². The average molecular weight is 406 g/mol. The maximum atomic E-state index is 12.6. The first-order chi connectivity index (χ1) is 12.9. The van der Waals surface area contributed by atoms with E-state index < -0.39 is 10.0 Å². The lowest BCUT2D eigenvalue weighted by molar-refractivity contribution is -0.917. The van der Waals surface area contributed by atoms with Gasteiger partial charge in [-0.25, -0.2) is 13.4 Å². The number of hydrogen-bond acceptors (Lipinski definition) is 5. The molecule has 1 saturated heterocycles. The molecule has 1 fully saturated rings. The third kappa shape index (κ3) is 3.68. The van der Waals surface area contributed by atoms with Gasteiger partial charge >= 0.3 is 0 Å².